The zero-order valence-corrected chi connectivity index (χ0v) is 13.1. The number of benzene rings is 2. The van der Waals surface area contributed by atoms with Crippen molar-refractivity contribution >= 4 is 16.6 Å². The number of fused-ring (bicyclic) bond motifs is 1. The third-order valence-corrected chi connectivity index (χ3v) is 3.53. The van der Waals surface area contributed by atoms with Gasteiger partial charge in [0.1, 0.15) is 5.75 Å². The molecule has 0 amide bonds. The van der Waals surface area contributed by atoms with Gasteiger partial charge >= 0.3 is 6.61 Å². The molecule has 0 spiro atoms. The first kappa shape index (κ1) is 16.6. The zero-order chi connectivity index (χ0) is 17.8. The van der Waals surface area contributed by atoms with E-state index < -0.39 is 6.61 Å². The van der Waals surface area contributed by atoms with E-state index in [0.29, 0.717) is 29.0 Å². The van der Waals surface area contributed by atoms with Crippen molar-refractivity contribution in [3.8, 4) is 5.75 Å². The van der Waals surface area contributed by atoms with Crippen molar-refractivity contribution in [2.45, 2.75) is 13.2 Å². The van der Waals surface area contributed by atoms with Crippen LogP contribution in [0.5, 0.6) is 5.75 Å². The average Bonchev–Trinajstić information content (AvgIpc) is 2.59. The Morgan fingerprint density at radius 1 is 1.24 bits per heavy atom. The normalized spacial score (nSPS) is 10.8. The Hall–Kier alpha value is -3.22. The van der Waals surface area contributed by atoms with Gasteiger partial charge in [-0.3, -0.25) is 4.79 Å². The number of rotatable bonds is 6. The quantitative estimate of drug-likeness (QED) is 0.721. The highest BCUT2D eigenvalue weighted by atomic mass is 19.3. The summed E-state index contributed by atoms with van der Waals surface area (Å²) in [6, 6.07) is 13.3. The number of aromatic nitrogens is 2. The Labute approximate surface area is 142 Å². The molecule has 0 radical (unpaired) electrons. The summed E-state index contributed by atoms with van der Waals surface area (Å²) in [4.78, 5) is 19.1. The first-order chi connectivity index (χ1) is 12.0. The maximum Gasteiger partial charge on any atom is 0.387 e. The van der Waals surface area contributed by atoms with Gasteiger partial charge in [0.05, 0.1) is 16.6 Å². The van der Waals surface area contributed by atoms with Gasteiger partial charge in [0.15, 0.2) is 5.82 Å². The maximum atomic E-state index is 12.3. The summed E-state index contributed by atoms with van der Waals surface area (Å²) in [5, 5.41) is 3.51. The predicted molar refractivity (Wildman–Crippen MR) is 91.3 cm³/mol. The van der Waals surface area contributed by atoms with Crippen LogP contribution in [0.2, 0.25) is 0 Å². The number of nitrogens with one attached hydrogen (secondary N) is 2. The monoisotopic (exact) mass is 343 g/mol. The third-order valence-electron chi connectivity index (χ3n) is 3.53. The van der Waals surface area contributed by atoms with Crippen molar-refractivity contribution in [2.24, 2.45) is 0 Å². The fourth-order valence-electron chi connectivity index (χ4n) is 2.35. The summed E-state index contributed by atoms with van der Waals surface area (Å²) >= 11 is 0. The highest BCUT2D eigenvalue weighted by molar-refractivity contribution is 5.78. The fourth-order valence-corrected chi connectivity index (χ4v) is 2.35. The van der Waals surface area contributed by atoms with Crippen LogP contribution in [-0.4, -0.2) is 16.6 Å². The number of hydrogen-bond donors (Lipinski definition) is 2. The smallest absolute Gasteiger partial charge is 0.387 e. The molecule has 0 fully saturated rings. The van der Waals surface area contributed by atoms with Crippen LogP contribution < -0.4 is 15.6 Å². The molecule has 128 valence electrons. The van der Waals surface area contributed by atoms with Crippen LogP contribution in [-0.2, 0) is 6.54 Å². The largest absolute Gasteiger partial charge is 0.435 e. The summed E-state index contributed by atoms with van der Waals surface area (Å²) in [7, 11) is 0. The van der Waals surface area contributed by atoms with Crippen molar-refractivity contribution in [2.75, 3.05) is 0 Å². The first-order valence-electron chi connectivity index (χ1n) is 7.49. The molecular formula is C18H15F2N3O2. The molecule has 0 saturated carbocycles. The lowest BCUT2D eigenvalue weighted by atomic mass is 10.2. The highest BCUT2D eigenvalue weighted by Crippen LogP contribution is 2.16. The average molecular weight is 343 g/mol. The highest BCUT2D eigenvalue weighted by Gasteiger charge is 2.08. The minimum absolute atomic E-state index is 0.0807. The second-order valence-electron chi connectivity index (χ2n) is 5.29. The molecule has 0 unspecified atom stereocenters. The van der Waals surface area contributed by atoms with E-state index in [1.165, 1.54) is 12.1 Å². The van der Waals surface area contributed by atoms with Gasteiger partial charge in [-0.15, -0.1) is 0 Å². The second-order valence-corrected chi connectivity index (χ2v) is 5.29. The Bertz CT molecular complexity index is 970. The lowest BCUT2D eigenvalue weighted by Crippen LogP contribution is -2.18. The number of alkyl halides is 2. The molecule has 2 N–H and O–H groups in total. The van der Waals surface area contributed by atoms with Crippen molar-refractivity contribution < 1.29 is 13.5 Å². The molecule has 2 aromatic carbocycles. The zero-order valence-electron chi connectivity index (χ0n) is 13.1. The summed E-state index contributed by atoms with van der Waals surface area (Å²) in [6.07, 6.45) is 0. The molecule has 0 aliphatic heterocycles. The van der Waals surface area contributed by atoms with E-state index >= 15 is 0 Å². The molecule has 5 nitrogen and oxygen atoms in total. The number of ether oxygens (including phenoxy) is 1. The molecule has 1 heterocycles. The fraction of sp³-hybridized carbons (Fsp3) is 0.111. The molecule has 0 atom stereocenters. The minimum Gasteiger partial charge on any atom is -0.435 e. The van der Waals surface area contributed by atoms with Gasteiger partial charge in [0.2, 0.25) is 0 Å². The van der Waals surface area contributed by atoms with Gasteiger partial charge in [-0.1, -0.05) is 30.8 Å². The van der Waals surface area contributed by atoms with Crippen LogP contribution in [0.1, 0.15) is 11.4 Å². The number of H-pyrrole nitrogens is 1. The summed E-state index contributed by atoms with van der Waals surface area (Å²) in [5.74, 6) is 0.404. The van der Waals surface area contributed by atoms with Gasteiger partial charge < -0.3 is 15.0 Å². The number of para-hydroxylation sites is 1. The van der Waals surface area contributed by atoms with Crippen LogP contribution in [0.3, 0.4) is 0 Å². The minimum atomic E-state index is -2.87. The SMILES string of the molecule is C=C(NCc1cccc(OC(F)F)c1)c1nc2ccccc2c(=O)[nH]1. The lowest BCUT2D eigenvalue weighted by Gasteiger charge is -2.11. The number of hydrogen-bond acceptors (Lipinski definition) is 4. The lowest BCUT2D eigenvalue weighted by molar-refractivity contribution is -0.0498. The molecule has 0 saturated heterocycles. The van der Waals surface area contributed by atoms with E-state index in [4.69, 9.17) is 0 Å². The van der Waals surface area contributed by atoms with Crippen molar-refractivity contribution in [1.82, 2.24) is 15.3 Å². The number of aromatic amines is 1. The molecule has 1 aromatic heterocycles. The number of halogens is 2. The van der Waals surface area contributed by atoms with Gasteiger partial charge in [-0.05, 0) is 29.8 Å². The Morgan fingerprint density at radius 2 is 2.04 bits per heavy atom. The molecule has 0 aliphatic carbocycles. The topological polar surface area (TPSA) is 67.0 Å². The van der Waals surface area contributed by atoms with Crippen molar-refractivity contribution in [3.05, 3.63) is 76.9 Å². The van der Waals surface area contributed by atoms with E-state index in [0.717, 1.165) is 5.56 Å². The van der Waals surface area contributed by atoms with E-state index in [-0.39, 0.29) is 11.3 Å². The molecule has 0 aliphatic rings. The first-order valence-corrected chi connectivity index (χ1v) is 7.49. The van der Waals surface area contributed by atoms with Crippen LogP contribution in [0, 0.1) is 0 Å². The van der Waals surface area contributed by atoms with Crippen LogP contribution in [0.4, 0.5) is 8.78 Å². The van der Waals surface area contributed by atoms with E-state index in [2.05, 4.69) is 26.6 Å². The van der Waals surface area contributed by atoms with Crippen LogP contribution in [0.25, 0.3) is 16.6 Å². The van der Waals surface area contributed by atoms with Gasteiger partial charge in [-0.25, -0.2) is 4.98 Å². The number of nitrogens with zero attached hydrogens (tertiary/aromatic N) is 1. The molecule has 3 rings (SSSR count). The molecule has 3 aromatic rings. The van der Waals surface area contributed by atoms with E-state index in [1.54, 1.807) is 36.4 Å². The molecule has 25 heavy (non-hydrogen) atoms. The van der Waals surface area contributed by atoms with Gasteiger partial charge in [0, 0.05) is 6.54 Å². The maximum absolute atomic E-state index is 12.3. The van der Waals surface area contributed by atoms with E-state index in [1.807, 2.05) is 0 Å². The second kappa shape index (κ2) is 7.12. The Kier molecular flexibility index (Phi) is 4.74. The standard InChI is InChI=1S/C18H15F2N3O2/c1-11(16-22-15-8-3-2-7-14(15)17(24)23-16)21-10-12-5-4-6-13(9-12)25-18(19)20/h2-9,18,21H,1,10H2,(H,22,23,24). The third kappa shape index (κ3) is 4.00. The van der Waals surface area contributed by atoms with Crippen molar-refractivity contribution in [1.29, 1.82) is 0 Å². The predicted octanol–water partition coefficient (Wildman–Crippen LogP) is 3.29. The van der Waals surface area contributed by atoms with Gasteiger partial charge in [-0.2, -0.15) is 8.78 Å². The molecule has 7 heteroatoms. The van der Waals surface area contributed by atoms with Gasteiger partial charge in [0.25, 0.3) is 5.56 Å². The Balaban J connectivity index is 1.74. The summed E-state index contributed by atoms with van der Waals surface area (Å²) < 4.78 is 28.9. The van der Waals surface area contributed by atoms with Crippen LogP contribution >= 0.6 is 0 Å². The van der Waals surface area contributed by atoms with Crippen LogP contribution in [0.15, 0.2) is 59.9 Å². The molecular weight excluding hydrogens is 328 g/mol. The summed E-state index contributed by atoms with van der Waals surface area (Å²) in [6.45, 7) is 1.31. The Morgan fingerprint density at radius 3 is 2.84 bits per heavy atom. The summed E-state index contributed by atoms with van der Waals surface area (Å²) in [5.41, 5.74) is 1.46. The molecule has 0 bridgehead atoms. The van der Waals surface area contributed by atoms with Crippen molar-refractivity contribution in [3.63, 3.8) is 0 Å². The van der Waals surface area contributed by atoms with E-state index in [9.17, 15) is 13.6 Å².